The molecule has 3 aromatic rings. The molecule has 9 heteroatoms. The number of amides is 1. The Kier molecular flexibility index (Phi) is 6.61. The summed E-state index contributed by atoms with van der Waals surface area (Å²) in [6, 6.07) is 13.5. The number of carbonyl (C=O) groups excluding carboxylic acids is 1. The van der Waals surface area contributed by atoms with Gasteiger partial charge in [-0.25, -0.2) is 0 Å². The number of ether oxygens (including phenoxy) is 3. The van der Waals surface area contributed by atoms with Crippen LogP contribution in [0.5, 0.6) is 17.2 Å². The number of methoxy groups -OCH3 is 1. The van der Waals surface area contributed by atoms with E-state index in [1.807, 2.05) is 54.1 Å². The van der Waals surface area contributed by atoms with Crippen LogP contribution in [0, 0.1) is 0 Å². The van der Waals surface area contributed by atoms with E-state index in [1.54, 1.807) is 7.11 Å². The van der Waals surface area contributed by atoms with Crippen LogP contribution >= 0.6 is 11.8 Å². The minimum Gasteiger partial charge on any atom is -0.496 e. The van der Waals surface area contributed by atoms with Gasteiger partial charge in [-0.1, -0.05) is 30.0 Å². The molecule has 0 radical (unpaired) electrons. The zero-order valence-electron chi connectivity index (χ0n) is 17.5. The molecule has 1 aromatic heterocycles. The van der Waals surface area contributed by atoms with Gasteiger partial charge in [0.2, 0.25) is 5.91 Å². The van der Waals surface area contributed by atoms with E-state index >= 15 is 0 Å². The lowest BCUT2D eigenvalue weighted by molar-refractivity contribution is -0.118. The Morgan fingerprint density at radius 1 is 1.16 bits per heavy atom. The molecule has 0 bridgehead atoms. The normalized spacial score (nSPS) is 12.5. The summed E-state index contributed by atoms with van der Waals surface area (Å²) in [4.78, 5) is 12.3. The fourth-order valence-corrected chi connectivity index (χ4v) is 4.02. The van der Waals surface area contributed by atoms with Crippen LogP contribution in [0.3, 0.4) is 0 Å². The highest BCUT2D eigenvalue weighted by Gasteiger charge is 2.16. The zero-order chi connectivity index (χ0) is 21.6. The fraction of sp³-hybridized carbons (Fsp3) is 0.318. The first-order valence-corrected chi connectivity index (χ1v) is 10.9. The van der Waals surface area contributed by atoms with Crippen molar-refractivity contribution >= 4 is 17.7 Å². The summed E-state index contributed by atoms with van der Waals surface area (Å²) in [7, 11) is 3.50. The van der Waals surface area contributed by atoms with Gasteiger partial charge in [0.25, 0.3) is 0 Å². The van der Waals surface area contributed by atoms with Crippen LogP contribution in [0.1, 0.15) is 5.56 Å². The number of rotatable bonds is 8. The molecule has 162 valence electrons. The van der Waals surface area contributed by atoms with E-state index in [9.17, 15) is 4.79 Å². The largest absolute Gasteiger partial charge is 0.496 e. The van der Waals surface area contributed by atoms with E-state index in [0.29, 0.717) is 30.7 Å². The van der Waals surface area contributed by atoms with E-state index in [1.165, 1.54) is 11.8 Å². The minimum absolute atomic E-state index is 0.0515. The molecule has 2 aromatic carbocycles. The molecule has 1 aliphatic heterocycles. The fourth-order valence-electron chi connectivity index (χ4n) is 3.28. The highest BCUT2D eigenvalue weighted by atomic mass is 32.2. The maximum atomic E-state index is 12.3. The van der Waals surface area contributed by atoms with Crippen molar-refractivity contribution in [3.05, 3.63) is 48.0 Å². The SMILES string of the molecule is COc1ccccc1-c1nnc(SCC(=O)NCCc2ccc3c(c2)OCCO3)n1C. The lowest BCUT2D eigenvalue weighted by Crippen LogP contribution is -2.27. The van der Waals surface area contributed by atoms with Crippen molar-refractivity contribution in [3.8, 4) is 28.6 Å². The van der Waals surface area contributed by atoms with Gasteiger partial charge >= 0.3 is 0 Å². The Morgan fingerprint density at radius 2 is 1.97 bits per heavy atom. The van der Waals surface area contributed by atoms with Crippen LogP contribution in [0.15, 0.2) is 47.6 Å². The molecule has 31 heavy (non-hydrogen) atoms. The molecule has 4 rings (SSSR count). The van der Waals surface area contributed by atoms with Gasteiger partial charge in [0.05, 0.1) is 18.4 Å². The molecule has 0 fully saturated rings. The topological polar surface area (TPSA) is 87.5 Å². The van der Waals surface area contributed by atoms with Gasteiger partial charge in [-0.15, -0.1) is 10.2 Å². The molecule has 2 heterocycles. The number of para-hydroxylation sites is 1. The number of fused-ring (bicyclic) bond motifs is 1. The second kappa shape index (κ2) is 9.74. The summed E-state index contributed by atoms with van der Waals surface area (Å²) in [5.41, 5.74) is 1.95. The van der Waals surface area contributed by atoms with Crippen LogP contribution in [0.25, 0.3) is 11.4 Å². The monoisotopic (exact) mass is 440 g/mol. The number of thioether (sulfide) groups is 1. The van der Waals surface area contributed by atoms with Crippen molar-refractivity contribution in [1.29, 1.82) is 0 Å². The van der Waals surface area contributed by atoms with Crippen molar-refractivity contribution in [2.75, 3.05) is 32.6 Å². The summed E-state index contributed by atoms with van der Waals surface area (Å²) < 4.78 is 18.4. The predicted molar refractivity (Wildman–Crippen MR) is 118 cm³/mol. The second-order valence-corrected chi connectivity index (χ2v) is 7.87. The number of nitrogens with one attached hydrogen (secondary N) is 1. The average molecular weight is 441 g/mol. The van der Waals surface area contributed by atoms with Crippen LogP contribution in [0.4, 0.5) is 0 Å². The molecule has 0 unspecified atom stereocenters. The Hall–Kier alpha value is -3.20. The van der Waals surface area contributed by atoms with E-state index < -0.39 is 0 Å². The van der Waals surface area contributed by atoms with Gasteiger partial charge in [-0.3, -0.25) is 4.79 Å². The maximum absolute atomic E-state index is 12.3. The highest BCUT2D eigenvalue weighted by Crippen LogP contribution is 2.31. The molecule has 0 saturated carbocycles. The van der Waals surface area contributed by atoms with E-state index in [0.717, 1.165) is 34.8 Å². The van der Waals surface area contributed by atoms with Gasteiger partial charge in [0, 0.05) is 13.6 Å². The van der Waals surface area contributed by atoms with Gasteiger partial charge < -0.3 is 24.1 Å². The number of aromatic nitrogens is 3. The Labute approximate surface area is 184 Å². The summed E-state index contributed by atoms with van der Waals surface area (Å²) in [6.07, 6.45) is 0.717. The first-order valence-electron chi connectivity index (χ1n) is 9.96. The van der Waals surface area contributed by atoms with Crippen LogP contribution in [0.2, 0.25) is 0 Å². The van der Waals surface area contributed by atoms with E-state index in [4.69, 9.17) is 14.2 Å². The number of nitrogens with zero attached hydrogens (tertiary/aromatic N) is 3. The minimum atomic E-state index is -0.0515. The highest BCUT2D eigenvalue weighted by molar-refractivity contribution is 7.99. The van der Waals surface area contributed by atoms with Crippen LogP contribution < -0.4 is 19.5 Å². The van der Waals surface area contributed by atoms with Crippen molar-refractivity contribution in [3.63, 3.8) is 0 Å². The summed E-state index contributed by atoms with van der Waals surface area (Å²) in [5, 5.41) is 12.1. The van der Waals surface area contributed by atoms with Gasteiger partial charge in [0.1, 0.15) is 19.0 Å². The Morgan fingerprint density at radius 3 is 2.81 bits per heavy atom. The third-order valence-corrected chi connectivity index (χ3v) is 5.88. The van der Waals surface area contributed by atoms with Crippen molar-refractivity contribution in [1.82, 2.24) is 20.1 Å². The van der Waals surface area contributed by atoms with Gasteiger partial charge in [-0.05, 0) is 36.2 Å². The standard InChI is InChI=1S/C22H24N4O4S/c1-26-21(16-5-3-4-6-17(16)28-2)24-25-22(26)31-14-20(27)23-10-9-15-7-8-18-19(13-15)30-12-11-29-18/h3-8,13H,9-12,14H2,1-2H3,(H,23,27). The summed E-state index contributed by atoms with van der Waals surface area (Å²) in [6.45, 7) is 1.68. The maximum Gasteiger partial charge on any atom is 0.230 e. The molecule has 0 spiro atoms. The van der Waals surface area contributed by atoms with Crippen molar-refractivity contribution in [2.45, 2.75) is 11.6 Å². The summed E-state index contributed by atoms with van der Waals surface area (Å²) >= 11 is 1.35. The third-order valence-electron chi connectivity index (χ3n) is 4.86. The predicted octanol–water partition coefficient (Wildman–Crippen LogP) is 2.71. The summed E-state index contributed by atoms with van der Waals surface area (Å²) in [5.74, 6) is 3.17. The second-order valence-electron chi connectivity index (χ2n) is 6.93. The molecule has 8 nitrogen and oxygen atoms in total. The third kappa shape index (κ3) is 4.93. The molecular weight excluding hydrogens is 416 g/mol. The van der Waals surface area contributed by atoms with Crippen molar-refractivity contribution in [2.24, 2.45) is 7.05 Å². The molecular formula is C22H24N4O4S. The van der Waals surface area contributed by atoms with Gasteiger partial charge in [0.15, 0.2) is 22.5 Å². The quantitative estimate of drug-likeness (QED) is 0.539. The number of benzene rings is 2. The molecule has 1 amide bonds. The number of hydrogen-bond donors (Lipinski definition) is 1. The Bertz CT molecular complexity index is 1070. The van der Waals surface area contributed by atoms with Crippen molar-refractivity contribution < 1.29 is 19.0 Å². The van der Waals surface area contributed by atoms with E-state index in [2.05, 4.69) is 15.5 Å². The van der Waals surface area contributed by atoms with Gasteiger partial charge in [-0.2, -0.15) is 0 Å². The molecule has 1 N–H and O–H groups in total. The molecule has 0 atom stereocenters. The lowest BCUT2D eigenvalue weighted by Gasteiger charge is -2.18. The number of hydrogen-bond acceptors (Lipinski definition) is 7. The lowest BCUT2D eigenvalue weighted by atomic mass is 10.1. The molecule has 0 saturated heterocycles. The van der Waals surface area contributed by atoms with Crippen LogP contribution in [-0.2, 0) is 18.3 Å². The first kappa shape index (κ1) is 21.0. The Balaban J connectivity index is 1.28. The molecule has 0 aliphatic carbocycles. The number of carbonyl (C=O) groups is 1. The van der Waals surface area contributed by atoms with Crippen LogP contribution in [-0.4, -0.2) is 53.3 Å². The molecule has 1 aliphatic rings. The first-order chi connectivity index (χ1) is 15.2. The van der Waals surface area contributed by atoms with E-state index in [-0.39, 0.29) is 11.7 Å². The zero-order valence-corrected chi connectivity index (χ0v) is 18.3. The smallest absolute Gasteiger partial charge is 0.230 e. The average Bonchev–Trinajstić information content (AvgIpc) is 3.17.